The van der Waals surface area contributed by atoms with Crippen molar-refractivity contribution in [2.75, 3.05) is 19.6 Å². The van der Waals surface area contributed by atoms with Crippen LogP contribution >= 0.6 is 19.7 Å². The van der Waals surface area contributed by atoms with E-state index in [4.69, 9.17) is 49.0 Å². The summed E-state index contributed by atoms with van der Waals surface area (Å²) >= 11 is 20.2. The van der Waals surface area contributed by atoms with Crippen LogP contribution in [-0.2, 0) is 35.4 Å². The zero-order valence-electron chi connectivity index (χ0n) is 26.0. The predicted molar refractivity (Wildman–Crippen MR) is 190 cm³/mol. The molecular formula is C30H42N3O3P3S3. The molecule has 3 aromatic carbocycles. The van der Waals surface area contributed by atoms with E-state index in [1.165, 1.54) is 0 Å². The molecule has 1 aliphatic rings. The fraction of sp³-hybridized carbons (Fsp3) is 0.400. The number of rotatable bonds is 9. The number of hydrogen-bond donors (Lipinski definition) is 0. The SMILES string of the molecule is CCN1P(=S)(Oc2c(C)cccc2C)N(CC)P(=S)(Oc2c(C)cccc2C)N(CC)P1(=S)Oc1c(C)cccc1C. The fourth-order valence-corrected chi connectivity index (χ4v) is 26.1. The first-order chi connectivity index (χ1) is 19.8. The molecule has 0 spiro atoms. The van der Waals surface area contributed by atoms with Crippen LogP contribution in [0.3, 0.4) is 0 Å². The molecule has 0 bridgehead atoms. The topological polar surface area (TPSA) is 37.4 Å². The Balaban J connectivity index is 2.05. The summed E-state index contributed by atoms with van der Waals surface area (Å²) in [6.07, 6.45) is 0. The van der Waals surface area contributed by atoms with Gasteiger partial charge in [0.25, 0.3) is 19.7 Å². The van der Waals surface area contributed by atoms with E-state index in [0.29, 0.717) is 19.6 Å². The summed E-state index contributed by atoms with van der Waals surface area (Å²) in [4.78, 5) is 0. The van der Waals surface area contributed by atoms with Gasteiger partial charge in [0.15, 0.2) is 0 Å². The van der Waals surface area contributed by atoms with E-state index in [2.05, 4.69) is 34.1 Å². The van der Waals surface area contributed by atoms with Gasteiger partial charge in [0.05, 0.1) is 0 Å². The summed E-state index contributed by atoms with van der Waals surface area (Å²) in [6.45, 7) is 10.7. The molecule has 1 heterocycles. The highest BCUT2D eigenvalue weighted by Crippen LogP contribution is 2.86. The van der Waals surface area contributed by atoms with Crippen molar-refractivity contribution in [1.82, 2.24) is 13.3 Å². The van der Waals surface area contributed by atoms with Crippen LogP contribution in [0, 0.1) is 41.5 Å². The van der Waals surface area contributed by atoms with Crippen molar-refractivity contribution in [2.24, 2.45) is 0 Å². The molecule has 0 aromatic heterocycles. The molecule has 1 fully saturated rings. The summed E-state index contributed by atoms with van der Waals surface area (Å²) in [5.41, 5.74) is 6.07. The van der Waals surface area contributed by atoms with Gasteiger partial charge in [-0.2, -0.15) is 13.3 Å². The van der Waals surface area contributed by atoms with E-state index in [1.54, 1.807) is 0 Å². The van der Waals surface area contributed by atoms with Crippen LogP contribution < -0.4 is 13.6 Å². The van der Waals surface area contributed by atoms with Crippen LogP contribution in [0.15, 0.2) is 54.6 Å². The number of nitrogens with zero attached hydrogens (tertiary/aromatic N) is 3. The standard InChI is InChI=1S/C30H42N3O3P3S3/c1-10-31-37(40,34-28-22(4)16-13-17-23(28)5)32(11-2)39(42,36-30-26(8)20-15-21-27(30)9)33(12-3)38(31,41)35-29-24(6)18-14-19-25(29)7/h13-21H,10-12H2,1-9H3. The second-order valence-electron chi connectivity index (χ2n) is 10.5. The van der Waals surface area contributed by atoms with Gasteiger partial charge in [-0.15, -0.1) is 0 Å². The van der Waals surface area contributed by atoms with Crippen molar-refractivity contribution in [1.29, 1.82) is 0 Å². The van der Waals surface area contributed by atoms with Gasteiger partial charge in [-0.25, -0.2) is 0 Å². The predicted octanol–water partition coefficient (Wildman–Crippen LogP) is 9.73. The molecule has 0 aliphatic carbocycles. The Kier molecular flexibility index (Phi) is 10.5. The largest absolute Gasteiger partial charge is 0.440 e. The molecule has 1 aliphatic heterocycles. The van der Waals surface area contributed by atoms with E-state index in [1.807, 2.05) is 96.1 Å². The average Bonchev–Trinajstić information content (AvgIpc) is 2.91. The van der Waals surface area contributed by atoms with E-state index in [-0.39, 0.29) is 0 Å². The number of benzene rings is 3. The third kappa shape index (κ3) is 5.83. The lowest BCUT2D eigenvalue weighted by Crippen LogP contribution is -2.46. The first-order valence-electron chi connectivity index (χ1n) is 14.2. The quantitative estimate of drug-likeness (QED) is 0.205. The maximum atomic E-state index is 7.10. The maximum absolute atomic E-state index is 7.10. The van der Waals surface area contributed by atoms with Crippen molar-refractivity contribution < 1.29 is 13.6 Å². The van der Waals surface area contributed by atoms with Crippen molar-refractivity contribution in [3.05, 3.63) is 88.0 Å². The molecule has 0 unspecified atom stereocenters. The van der Waals surface area contributed by atoms with Crippen LogP contribution in [0.4, 0.5) is 0 Å². The van der Waals surface area contributed by atoms with Crippen LogP contribution in [0.1, 0.15) is 54.2 Å². The summed E-state index contributed by atoms with van der Waals surface area (Å²) in [5, 5.41) is 0. The fourth-order valence-electron chi connectivity index (χ4n) is 5.33. The molecule has 0 atom stereocenters. The minimum Gasteiger partial charge on any atom is -0.440 e. The second kappa shape index (κ2) is 13.1. The maximum Gasteiger partial charge on any atom is 0.268 e. The normalized spacial score (nSPS) is 25.4. The Bertz CT molecular complexity index is 1360. The molecule has 0 amide bonds. The molecular weight excluding hydrogens is 639 g/mol. The Morgan fingerprint density at radius 2 is 0.643 bits per heavy atom. The lowest BCUT2D eigenvalue weighted by atomic mass is 10.1. The van der Waals surface area contributed by atoms with E-state index < -0.39 is 19.7 Å². The second-order valence-corrected chi connectivity index (χ2v) is 22.1. The first-order valence-corrected chi connectivity index (χ1v) is 22.1. The summed E-state index contributed by atoms with van der Waals surface area (Å²) < 4.78 is 27.8. The van der Waals surface area contributed by atoms with E-state index >= 15 is 0 Å². The van der Waals surface area contributed by atoms with Crippen LogP contribution in [0.5, 0.6) is 17.2 Å². The van der Waals surface area contributed by atoms with E-state index in [0.717, 1.165) is 50.6 Å². The lowest BCUT2D eigenvalue weighted by Gasteiger charge is -2.58. The van der Waals surface area contributed by atoms with Gasteiger partial charge in [-0.05, 0) is 110 Å². The molecule has 0 radical (unpaired) electrons. The van der Waals surface area contributed by atoms with Gasteiger partial charge in [-0.3, -0.25) is 0 Å². The molecule has 42 heavy (non-hydrogen) atoms. The third-order valence-electron chi connectivity index (χ3n) is 7.46. The number of hydrogen-bond acceptors (Lipinski definition) is 6. The highest BCUT2D eigenvalue weighted by Gasteiger charge is 2.61. The average molecular weight is 682 g/mol. The minimum absolute atomic E-state index is 0.538. The van der Waals surface area contributed by atoms with E-state index in [9.17, 15) is 0 Å². The van der Waals surface area contributed by atoms with Gasteiger partial charge >= 0.3 is 0 Å². The van der Waals surface area contributed by atoms with Crippen molar-refractivity contribution in [3.8, 4) is 17.2 Å². The summed E-state index contributed by atoms with van der Waals surface area (Å²) in [5.74, 6) is 2.31. The molecule has 0 N–H and O–H groups in total. The molecule has 0 saturated carbocycles. The van der Waals surface area contributed by atoms with Crippen molar-refractivity contribution in [2.45, 2.75) is 62.3 Å². The van der Waals surface area contributed by atoms with Crippen LogP contribution in [-0.4, -0.2) is 33.0 Å². The summed E-state index contributed by atoms with van der Waals surface area (Å²) in [7, 11) is 0. The zero-order chi connectivity index (χ0) is 31.0. The molecule has 4 rings (SSSR count). The van der Waals surface area contributed by atoms with Gasteiger partial charge in [-0.1, -0.05) is 75.4 Å². The van der Waals surface area contributed by atoms with Gasteiger partial charge in [0.2, 0.25) is 0 Å². The molecule has 12 heteroatoms. The Hall–Kier alpha value is -1.11. The van der Waals surface area contributed by atoms with Crippen molar-refractivity contribution in [3.63, 3.8) is 0 Å². The van der Waals surface area contributed by atoms with Gasteiger partial charge in [0, 0.05) is 19.6 Å². The Morgan fingerprint density at radius 3 is 0.810 bits per heavy atom. The highest BCUT2D eigenvalue weighted by atomic mass is 32.5. The third-order valence-corrected chi connectivity index (χ3v) is 24.7. The zero-order valence-corrected chi connectivity index (χ0v) is 31.1. The smallest absolute Gasteiger partial charge is 0.268 e. The van der Waals surface area contributed by atoms with Gasteiger partial charge < -0.3 is 13.6 Å². The Labute approximate surface area is 267 Å². The molecule has 6 nitrogen and oxygen atoms in total. The first kappa shape index (κ1) is 33.8. The lowest BCUT2D eigenvalue weighted by molar-refractivity contribution is 0.382. The van der Waals surface area contributed by atoms with Crippen LogP contribution in [0.25, 0.3) is 0 Å². The number of para-hydroxylation sites is 3. The molecule has 228 valence electrons. The van der Waals surface area contributed by atoms with Crippen LogP contribution in [0.2, 0.25) is 0 Å². The minimum atomic E-state index is -3.14. The molecule has 3 aromatic rings. The van der Waals surface area contributed by atoms with Crippen molar-refractivity contribution >= 4 is 55.1 Å². The number of aryl methyl sites for hydroxylation is 6. The van der Waals surface area contributed by atoms with Gasteiger partial charge in [0.1, 0.15) is 17.2 Å². The highest BCUT2D eigenvalue weighted by molar-refractivity contribution is 8.27. The summed E-state index contributed by atoms with van der Waals surface area (Å²) in [6, 6.07) is 18.4. The monoisotopic (exact) mass is 681 g/mol. The molecule has 1 saturated heterocycles. The Morgan fingerprint density at radius 1 is 0.452 bits per heavy atom.